The summed E-state index contributed by atoms with van der Waals surface area (Å²) in [5, 5.41) is 13.8. The van der Waals surface area contributed by atoms with E-state index in [-0.39, 0.29) is 33.4 Å². The van der Waals surface area contributed by atoms with Gasteiger partial charge in [-0.3, -0.25) is 14.9 Å². The van der Waals surface area contributed by atoms with Crippen molar-refractivity contribution in [3.8, 4) is 17.2 Å². The molecule has 172 valence electrons. The first-order valence-electron chi connectivity index (χ1n) is 9.87. The van der Waals surface area contributed by atoms with E-state index in [4.69, 9.17) is 14.2 Å². The van der Waals surface area contributed by atoms with Gasteiger partial charge in [-0.1, -0.05) is 18.9 Å². The summed E-state index contributed by atoms with van der Waals surface area (Å²) in [6, 6.07) is 7.03. The first-order chi connectivity index (χ1) is 15.2. The van der Waals surface area contributed by atoms with Crippen molar-refractivity contribution in [2.45, 2.75) is 35.8 Å². The summed E-state index contributed by atoms with van der Waals surface area (Å²) < 4.78 is 41.2. The van der Waals surface area contributed by atoms with Gasteiger partial charge in [0.1, 0.15) is 5.56 Å². The number of hydrogen-bond donors (Lipinski definition) is 1. The zero-order valence-corrected chi connectivity index (χ0v) is 18.7. The van der Waals surface area contributed by atoms with E-state index in [1.54, 1.807) is 0 Å². The number of nitrogens with zero attached hydrogens (tertiary/aromatic N) is 1. The Bertz CT molecular complexity index is 1140. The number of methoxy groups -OCH3 is 3. The standard InChI is InChI=1S/C21H24N2O8S/c1-29-17-12-16(18(23(25)26)20(31-3)19(17)30-2)21(24)22-13-7-6-10-15(11-13)32(27,28)14-8-4-5-9-14/h6-7,10-12,14H,4-5,8-9H2,1-3H3,(H,22,24). The van der Waals surface area contributed by atoms with Crippen molar-refractivity contribution in [3.05, 3.63) is 46.0 Å². The predicted molar refractivity (Wildman–Crippen MR) is 117 cm³/mol. The molecule has 0 aromatic heterocycles. The maximum absolute atomic E-state index is 13.0. The molecule has 32 heavy (non-hydrogen) atoms. The number of carbonyl (C=O) groups excluding carboxylic acids is 1. The summed E-state index contributed by atoms with van der Waals surface area (Å²) in [5.74, 6) is -1.05. The van der Waals surface area contributed by atoms with Crippen molar-refractivity contribution < 1.29 is 32.3 Å². The lowest BCUT2D eigenvalue weighted by Crippen LogP contribution is -2.19. The molecule has 1 aliphatic carbocycles. The highest BCUT2D eigenvalue weighted by Crippen LogP contribution is 2.46. The van der Waals surface area contributed by atoms with Crippen molar-refractivity contribution in [2.75, 3.05) is 26.6 Å². The molecule has 0 saturated heterocycles. The smallest absolute Gasteiger partial charge is 0.327 e. The number of hydrogen-bond acceptors (Lipinski definition) is 8. The van der Waals surface area contributed by atoms with Crippen LogP contribution in [-0.4, -0.2) is 45.8 Å². The molecule has 1 saturated carbocycles. The fourth-order valence-corrected chi connectivity index (χ4v) is 5.73. The van der Waals surface area contributed by atoms with Crippen molar-refractivity contribution >= 4 is 27.1 Å². The van der Waals surface area contributed by atoms with Gasteiger partial charge in [0.2, 0.25) is 11.5 Å². The second-order valence-electron chi connectivity index (χ2n) is 7.23. The lowest BCUT2D eigenvalue weighted by atomic mass is 10.1. The molecule has 1 fully saturated rings. The molecular formula is C21H24N2O8S. The molecule has 3 rings (SSSR count). The van der Waals surface area contributed by atoms with Crippen LogP contribution in [-0.2, 0) is 9.84 Å². The molecule has 10 nitrogen and oxygen atoms in total. The minimum atomic E-state index is -3.53. The molecule has 2 aromatic carbocycles. The highest BCUT2D eigenvalue weighted by atomic mass is 32.2. The van der Waals surface area contributed by atoms with Crippen molar-refractivity contribution in [1.29, 1.82) is 0 Å². The van der Waals surface area contributed by atoms with Gasteiger partial charge in [0.25, 0.3) is 5.91 Å². The van der Waals surface area contributed by atoms with Crippen LogP contribution < -0.4 is 19.5 Å². The minimum Gasteiger partial charge on any atom is -0.493 e. The topological polar surface area (TPSA) is 134 Å². The highest BCUT2D eigenvalue weighted by Gasteiger charge is 2.33. The molecule has 1 amide bonds. The van der Waals surface area contributed by atoms with Crippen LogP contribution in [0.2, 0.25) is 0 Å². The summed E-state index contributed by atoms with van der Waals surface area (Å²) in [5.41, 5.74) is -0.733. The summed E-state index contributed by atoms with van der Waals surface area (Å²) >= 11 is 0. The number of anilines is 1. The van der Waals surface area contributed by atoms with Crippen molar-refractivity contribution in [2.24, 2.45) is 0 Å². The third-order valence-electron chi connectivity index (χ3n) is 5.39. The van der Waals surface area contributed by atoms with Gasteiger partial charge < -0.3 is 19.5 Å². The summed E-state index contributed by atoms with van der Waals surface area (Å²) in [7, 11) is 0.295. The van der Waals surface area contributed by atoms with Crippen LogP contribution in [0.4, 0.5) is 11.4 Å². The average Bonchev–Trinajstić information content (AvgIpc) is 3.33. The molecule has 0 heterocycles. The SMILES string of the molecule is COc1cc(C(=O)Nc2cccc(S(=O)(=O)C3CCCC3)c2)c([N+](=O)[O-])c(OC)c1OC. The van der Waals surface area contributed by atoms with Crippen LogP contribution >= 0.6 is 0 Å². The number of benzene rings is 2. The van der Waals surface area contributed by atoms with Gasteiger partial charge in [-0.15, -0.1) is 0 Å². The molecule has 0 spiro atoms. The van der Waals surface area contributed by atoms with E-state index in [0.29, 0.717) is 12.8 Å². The van der Waals surface area contributed by atoms with E-state index in [9.17, 15) is 23.3 Å². The number of rotatable bonds is 8. The van der Waals surface area contributed by atoms with E-state index in [0.717, 1.165) is 12.8 Å². The van der Waals surface area contributed by atoms with Gasteiger partial charge in [0.05, 0.1) is 36.4 Å². The summed E-state index contributed by atoms with van der Waals surface area (Å²) in [6.07, 6.45) is 2.95. The molecule has 2 aromatic rings. The fourth-order valence-electron chi connectivity index (χ4n) is 3.84. The van der Waals surface area contributed by atoms with Gasteiger partial charge in [-0.05, 0) is 31.0 Å². The summed E-state index contributed by atoms with van der Waals surface area (Å²) in [6.45, 7) is 0. The average molecular weight is 464 g/mol. The Morgan fingerprint density at radius 2 is 1.72 bits per heavy atom. The third-order valence-corrected chi connectivity index (χ3v) is 7.65. The van der Waals surface area contributed by atoms with Crippen LogP contribution in [0.15, 0.2) is 35.2 Å². The Hall–Kier alpha value is -3.34. The lowest BCUT2D eigenvalue weighted by molar-refractivity contribution is -0.386. The first kappa shape index (κ1) is 23.3. The van der Waals surface area contributed by atoms with Crippen molar-refractivity contribution in [3.63, 3.8) is 0 Å². The Morgan fingerprint density at radius 3 is 2.28 bits per heavy atom. The van der Waals surface area contributed by atoms with E-state index >= 15 is 0 Å². The quantitative estimate of drug-likeness (QED) is 0.463. The number of nitrogens with one attached hydrogen (secondary N) is 1. The monoisotopic (exact) mass is 464 g/mol. The van der Waals surface area contributed by atoms with Gasteiger partial charge in [-0.25, -0.2) is 8.42 Å². The molecule has 0 aliphatic heterocycles. The molecule has 0 atom stereocenters. The third kappa shape index (κ3) is 4.33. The van der Waals surface area contributed by atoms with E-state index in [1.165, 1.54) is 51.7 Å². The first-order valence-corrected chi connectivity index (χ1v) is 11.4. The number of carbonyl (C=O) groups is 1. The molecule has 11 heteroatoms. The molecule has 1 aliphatic rings. The van der Waals surface area contributed by atoms with E-state index in [2.05, 4.69) is 5.32 Å². The number of ether oxygens (including phenoxy) is 3. The van der Waals surface area contributed by atoms with Gasteiger partial charge in [0.15, 0.2) is 15.6 Å². The Balaban J connectivity index is 2.00. The maximum atomic E-state index is 13.0. The summed E-state index contributed by atoms with van der Waals surface area (Å²) in [4.78, 5) is 24.0. The molecule has 0 radical (unpaired) electrons. The number of nitro groups is 1. The second kappa shape index (κ2) is 9.43. The van der Waals surface area contributed by atoms with Crippen molar-refractivity contribution in [1.82, 2.24) is 0 Å². The van der Waals surface area contributed by atoms with E-state index in [1.807, 2.05) is 0 Å². The van der Waals surface area contributed by atoms with Crippen LogP contribution in [0.25, 0.3) is 0 Å². The lowest BCUT2D eigenvalue weighted by Gasteiger charge is -2.15. The largest absolute Gasteiger partial charge is 0.493 e. The van der Waals surface area contributed by atoms with Gasteiger partial charge >= 0.3 is 5.69 Å². The Labute approximate surface area is 185 Å². The van der Waals surface area contributed by atoms with Crippen LogP contribution in [0.5, 0.6) is 17.2 Å². The van der Waals surface area contributed by atoms with Crippen LogP contribution in [0.3, 0.4) is 0 Å². The van der Waals surface area contributed by atoms with E-state index < -0.39 is 31.6 Å². The molecule has 1 N–H and O–H groups in total. The minimum absolute atomic E-state index is 0.0251. The zero-order valence-electron chi connectivity index (χ0n) is 17.9. The zero-order chi connectivity index (χ0) is 23.5. The molecule has 0 bridgehead atoms. The van der Waals surface area contributed by atoms with Crippen LogP contribution in [0.1, 0.15) is 36.0 Å². The predicted octanol–water partition coefficient (Wildman–Crippen LogP) is 3.59. The Kier molecular flexibility index (Phi) is 6.87. The Morgan fingerprint density at radius 1 is 1.06 bits per heavy atom. The van der Waals surface area contributed by atoms with Gasteiger partial charge in [-0.2, -0.15) is 0 Å². The number of sulfone groups is 1. The molecule has 0 unspecified atom stereocenters. The second-order valence-corrected chi connectivity index (χ2v) is 9.46. The number of amides is 1. The maximum Gasteiger partial charge on any atom is 0.327 e. The molecular weight excluding hydrogens is 440 g/mol. The number of nitro benzene ring substituents is 1. The fraction of sp³-hybridized carbons (Fsp3) is 0.381. The van der Waals surface area contributed by atoms with Crippen LogP contribution in [0, 0.1) is 10.1 Å². The van der Waals surface area contributed by atoms with Gasteiger partial charge in [0, 0.05) is 11.8 Å². The highest BCUT2D eigenvalue weighted by molar-refractivity contribution is 7.92. The normalized spacial score (nSPS) is 14.1.